The lowest BCUT2D eigenvalue weighted by atomic mass is 9.77. The van der Waals surface area contributed by atoms with Crippen LogP contribution in [0.1, 0.15) is 36.8 Å². The van der Waals surface area contributed by atoms with Crippen LogP contribution in [-0.2, 0) is 30.5 Å². The molecule has 3 aromatic rings. The van der Waals surface area contributed by atoms with E-state index in [0.29, 0.717) is 16.0 Å². The number of rotatable bonds is 9. The Labute approximate surface area is 288 Å². The molecule has 2 fully saturated rings. The van der Waals surface area contributed by atoms with Gasteiger partial charge < -0.3 is 37.0 Å². The van der Waals surface area contributed by atoms with Gasteiger partial charge in [-0.1, -0.05) is 30.0 Å². The molecule has 2 saturated heterocycles. The zero-order valence-electron chi connectivity index (χ0n) is 26.1. The number of carbonyl (C=O) groups is 4. The van der Waals surface area contributed by atoms with Gasteiger partial charge in [0.05, 0.1) is 41.5 Å². The zero-order valence-corrected chi connectivity index (χ0v) is 28.5. The molecule has 18 heteroatoms. The number of hydrogen-bond donors (Lipinski definition) is 2. The van der Waals surface area contributed by atoms with Gasteiger partial charge in [0.2, 0.25) is 15.8 Å². The largest absolute Gasteiger partial charge is 1.00 e. The number of nitro groups is 1. The van der Waals surface area contributed by atoms with E-state index in [0.717, 1.165) is 9.86 Å². The fourth-order valence-electron chi connectivity index (χ4n) is 6.89. The second-order valence-electron chi connectivity index (χ2n) is 11.7. The van der Waals surface area contributed by atoms with Gasteiger partial charge in [-0.3, -0.25) is 19.8 Å². The number of esters is 1. The van der Waals surface area contributed by atoms with Crippen LogP contribution in [0.4, 0.5) is 10.5 Å². The number of hydrogen-bond acceptors (Lipinski definition) is 11. The molecule has 15 nitrogen and oxygen atoms in total. The van der Waals surface area contributed by atoms with E-state index in [1.165, 1.54) is 71.2 Å². The first kappa shape index (κ1) is 35.1. The maximum absolute atomic E-state index is 13.2. The molecule has 6 rings (SSSR count). The first-order chi connectivity index (χ1) is 22.4. The highest BCUT2D eigenvalue weighted by Crippen LogP contribution is 2.51. The van der Waals surface area contributed by atoms with E-state index in [-0.39, 0.29) is 55.3 Å². The number of likely N-dealkylation sites (tertiary alicyclic amines) is 1. The predicted octanol–water partition coefficient (Wildman–Crippen LogP) is -0.299. The van der Waals surface area contributed by atoms with Crippen LogP contribution < -0.4 is 16.8 Å². The first-order valence-electron chi connectivity index (χ1n) is 14.7. The topological polar surface area (TPSA) is 186 Å². The van der Waals surface area contributed by atoms with E-state index < -0.39 is 53.0 Å². The number of benzene rings is 1. The minimum absolute atomic E-state index is 0. The molecule has 256 valence electrons. The van der Waals surface area contributed by atoms with Gasteiger partial charge in [0.25, 0.3) is 12.0 Å². The molecule has 2 aromatic heterocycles. The van der Waals surface area contributed by atoms with Gasteiger partial charge in [-0.2, -0.15) is 4.40 Å². The molecule has 1 aromatic carbocycles. The maximum atomic E-state index is 13.2. The van der Waals surface area contributed by atoms with Gasteiger partial charge in [-0.25, -0.2) is 19.0 Å². The summed E-state index contributed by atoms with van der Waals surface area (Å²) in [5.74, 6) is -3.17. The van der Waals surface area contributed by atoms with Gasteiger partial charge in [0, 0.05) is 30.0 Å². The lowest BCUT2D eigenvalue weighted by Gasteiger charge is -2.46. The number of non-ortho nitro benzene ring substituents is 1. The highest BCUT2D eigenvalue weighted by molar-refractivity contribution is 7.98. The quantitative estimate of drug-likeness (QED) is 0.0738. The normalized spacial score (nSPS) is 23.9. The number of thiazole rings is 1. The van der Waals surface area contributed by atoms with Gasteiger partial charge in [0.15, 0.2) is 0 Å². The number of halogens is 1. The summed E-state index contributed by atoms with van der Waals surface area (Å²) in [6, 6.07) is 3.95. The number of carboxylic acids is 1. The van der Waals surface area contributed by atoms with E-state index in [1.54, 1.807) is 0 Å². The van der Waals surface area contributed by atoms with Crippen molar-refractivity contribution in [1.29, 1.82) is 0 Å². The van der Waals surface area contributed by atoms with Crippen LogP contribution in [-0.4, -0.2) is 91.5 Å². The van der Waals surface area contributed by atoms with Crippen molar-refractivity contribution in [3.8, 4) is 0 Å². The fraction of sp³-hybridized carbons (Fsp3) is 0.433. The van der Waals surface area contributed by atoms with Gasteiger partial charge in [-0.05, 0) is 30.9 Å². The van der Waals surface area contributed by atoms with Gasteiger partial charge in [-0.15, -0.1) is 0 Å². The van der Waals surface area contributed by atoms with E-state index >= 15 is 0 Å². The Kier molecular flexibility index (Phi) is 9.79. The second kappa shape index (κ2) is 13.4. The van der Waals surface area contributed by atoms with Crippen LogP contribution in [0.3, 0.4) is 0 Å². The van der Waals surface area contributed by atoms with Crippen molar-refractivity contribution < 1.29 is 60.6 Å². The summed E-state index contributed by atoms with van der Waals surface area (Å²) in [6.07, 6.45) is 4.18. The van der Waals surface area contributed by atoms with Gasteiger partial charge >= 0.3 is 18.0 Å². The number of amides is 2. The molecule has 0 spiro atoms. The molecular formula is C30H32ClN5O10S2. The molecule has 5 heterocycles. The summed E-state index contributed by atoms with van der Waals surface area (Å²) in [7, 11) is 1.25. The van der Waals surface area contributed by atoms with E-state index in [9.17, 15) is 39.5 Å². The number of β-lactam (4-membered cyclic amide) rings is 1. The third-order valence-corrected chi connectivity index (χ3v) is 11.1. The molecule has 6 atom stereocenters. The molecule has 2 amide bonds. The third-order valence-electron chi connectivity index (χ3n) is 9.09. The summed E-state index contributed by atoms with van der Waals surface area (Å²) in [4.78, 5) is 65.7. The summed E-state index contributed by atoms with van der Waals surface area (Å²) in [6.45, 7) is 3.41. The lowest BCUT2D eigenvalue weighted by Crippen LogP contribution is -3.00. The second-order valence-corrected chi connectivity index (χ2v) is 13.5. The SMILES string of the molecule is COC(=O)[C@@H]1C[C@H](n2c[n+]3cc(C4=C(C(=O)O)N5C(=O)[C@H]([C@@H](C)O)[C@H]5[C@H]4C)sc3c2SC)CN1C(=O)OCc1ccc([N+](=O)[O-])cc1.[Cl-]. The van der Waals surface area contributed by atoms with Crippen LogP contribution in [0.2, 0.25) is 0 Å². The van der Waals surface area contributed by atoms with Crippen molar-refractivity contribution in [2.45, 2.75) is 56.1 Å². The number of aliphatic carboxylic acids is 1. The average molecular weight is 722 g/mol. The van der Waals surface area contributed by atoms with Crippen LogP contribution in [0, 0.1) is 22.0 Å². The molecule has 48 heavy (non-hydrogen) atoms. The van der Waals surface area contributed by atoms with Crippen LogP contribution in [0.5, 0.6) is 0 Å². The van der Waals surface area contributed by atoms with Crippen molar-refractivity contribution in [2.24, 2.45) is 11.8 Å². The number of methoxy groups -OCH3 is 1. The van der Waals surface area contributed by atoms with Crippen molar-refractivity contribution in [1.82, 2.24) is 14.4 Å². The Morgan fingerprint density at radius 1 is 1.25 bits per heavy atom. The Balaban J connectivity index is 0.00000451. The van der Waals surface area contributed by atoms with E-state index in [4.69, 9.17) is 9.47 Å². The smallest absolute Gasteiger partial charge is 0.411 e. The predicted molar refractivity (Wildman–Crippen MR) is 166 cm³/mol. The van der Waals surface area contributed by atoms with Crippen molar-refractivity contribution in [3.05, 3.63) is 63.0 Å². The molecule has 3 aliphatic heterocycles. The Bertz CT molecular complexity index is 1840. The van der Waals surface area contributed by atoms with Crippen LogP contribution in [0.25, 0.3) is 10.4 Å². The number of aliphatic hydroxyl groups excluding tert-OH is 1. The van der Waals surface area contributed by atoms with Crippen molar-refractivity contribution in [2.75, 3.05) is 19.9 Å². The summed E-state index contributed by atoms with van der Waals surface area (Å²) in [5, 5.41) is 32.1. The number of fused-ring (bicyclic) bond motifs is 2. The number of nitro benzene ring substituents is 1. The summed E-state index contributed by atoms with van der Waals surface area (Å²) >= 11 is 2.84. The lowest BCUT2D eigenvalue weighted by molar-refractivity contribution is -0.508. The number of thioether (sulfide) groups is 1. The highest BCUT2D eigenvalue weighted by atomic mass is 35.5. The van der Waals surface area contributed by atoms with Crippen LogP contribution >= 0.6 is 23.1 Å². The minimum Gasteiger partial charge on any atom is -1.00 e. The molecule has 0 radical (unpaired) electrons. The van der Waals surface area contributed by atoms with E-state index in [1.807, 2.05) is 34.7 Å². The number of aliphatic hydroxyl groups is 1. The summed E-state index contributed by atoms with van der Waals surface area (Å²) in [5.41, 5.74) is 0.938. The third kappa shape index (κ3) is 5.67. The minimum atomic E-state index is -1.20. The zero-order chi connectivity index (χ0) is 33.9. The molecule has 0 bridgehead atoms. The fourth-order valence-corrected chi connectivity index (χ4v) is 9.12. The Morgan fingerprint density at radius 3 is 2.52 bits per heavy atom. The molecule has 0 unspecified atom stereocenters. The van der Waals surface area contributed by atoms with Crippen molar-refractivity contribution in [3.63, 3.8) is 0 Å². The Morgan fingerprint density at radius 2 is 1.94 bits per heavy atom. The summed E-state index contributed by atoms with van der Waals surface area (Å²) < 4.78 is 14.3. The number of ether oxygens (including phenoxy) is 2. The average Bonchev–Trinajstić information content (AvgIpc) is 3.78. The molecule has 0 aliphatic carbocycles. The van der Waals surface area contributed by atoms with Crippen LogP contribution in [0.15, 0.2) is 47.5 Å². The number of carbonyl (C=O) groups excluding carboxylic acids is 3. The molecular weight excluding hydrogens is 690 g/mol. The number of aromatic nitrogens is 2. The standard InChI is InChI=1S/C30H31N5O10S2.ClH/c1-14-21(24(28(38)39)34-23(14)22(15(2)36)25(34)37)20-11-31-13-33(27(46-4)26(31)47-20)18-9-19(29(40)44-3)32(10-18)30(41)45-12-16-5-7-17(8-6-16)35(42)43;/h5-8,11,13-15,18-19,22-23,36H,9-10,12H2,1-4H3;1H/t14-,15+,18-,19-,22+,23+;/m0./s1. The Hall–Kier alpha value is -4.19. The van der Waals surface area contributed by atoms with Gasteiger partial charge in [0.1, 0.15) is 30.6 Å². The van der Waals surface area contributed by atoms with Crippen molar-refractivity contribution >= 4 is 63.1 Å². The number of carboxylic acid groups (broad SMARTS) is 1. The highest BCUT2D eigenvalue weighted by Gasteiger charge is 2.60. The monoisotopic (exact) mass is 721 g/mol. The number of nitrogens with zero attached hydrogens (tertiary/aromatic N) is 5. The molecule has 0 saturated carbocycles. The molecule has 2 N–H and O–H groups in total. The first-order valence-corrected chi connectivity index (χ1v) is 16.7. The van der Waals surface area contributed by atoms with E-state index in [2.05, 4.69) is 0 Å². The maximum Gasteiger partial charge on any atom is 0.411 e. The molecule has 3 aliphatic rings. The number of imidazole rings is 1.